The lowest BCUT2D eigenvalue weighted by Crippen LogP contribution is -2.43. The fraction of sp³-hybridized carbons (Fsp3) is 0.312. The second-order valence-electron chi connectivity index (χ2n) is 9.43. The molecule has 0 bridgehead atoms. The first-order valence-electron chi connectivity index (χ1n) is 13.6. The van der Waals surface area contributed by atoms with Crippen LogP contribution in [0.2, 0.25) is 0 Å². The first-order valence-corrected chi connectivity index (χ1v) is 13.6. The third-order valence-corrected chi connectivity index (χ3v) is 6.64. The maximum absolute atomic E-state index is 13.6. The molecule has 2 heterocycles. The van der Waals surface area contributed by atoms with Crippen LogP contribution < -0.4 is 4.74 Å². The van der Waals surface area contributed by atoms with Gasteiger partial charge in [0.15, 0.2) is 0 Å². The Morgan fingerprint density at radius 1 is 1.00 bits per heavy atom. The van der Waals surface area contributed by atoms with Crippen molar-refractivity contribution in [2.75, 3.05) is 26.4 Å². The van der Waals surface area contributed by atoms with E-state index < -0.39 is 11.8 Å². The third-order valence-electron chi connectivity index (χ3n) is 6.64. The largest absolute Gasteiger partial charge is 0.494 e. The van der Waals surface area contributed by atoms with Crippen molar-refractivity contribution in [1.82, 2.24) is 14.7 Å². The van der Waals surface area contributed by atoms with Crippen molar-refractivity contribution in [1.29, 1.82) is 5.26 Å². The summed E-state index contributed by atoms with van der Waals surface area (Å²) in [7, 11) is 0. The normalized spacial score (nSPS) is 14.7. The maximum atomic E-state index is 13.6. The molecule has 3 aromatic rings. The highest BCUT2D eigenvalue weighted by Crippen LogP contribution is 2.32. The van der Waals surface area contributed by atoms with Crippen molar-refractivity contribution >= 4 is 17.9 Å². The van der Waals surface area contributed by atoms with E-state index in [9.17, 15) is 14.9 Å². The van der Waals surface area contributed by atoms with Gasteiger partial charge in [-0.2, -0.15) is 10.4 Å². The molecule has 8 heteroatoms. The van der Waals surface area contributed by atoms with Gasteiger partial charge >= 0.3 is 0 Å². The van der Waals surface area contributed by atoms with E-state index in [1.54, 1.807) is 17.7 Å². The number of aromatic nitrogens is 2. The molecule has 0 saturated carbocycles. The molecule has 4 rings (SSSR count). The number of carbonyl (C=O) groups excluding carboxylic acids is 2. The smallest absolute Gasteiger partial charge is 0.271 e. The Morgan fingerprint density at radius 3 is 2.52 bits per heavy atom. The van der Waals surface area contributed by atoms with Crippen molar-refractivity contribution in [3.8, 4) is 28.8 Å². The zero-order valence-corrected chi connectivity index (χ0v) is 23.2. The van der Waals surface area contributed by atoms with Crippen molar-refractivity contribution in [3.63, 3.8) is 0 Å². The summed E-state index contributed by atoms with van der Waals surface area (Å²) in [6.07, 6.45) is 6.06. The molecule has 8 nitrogen and oxygen atoms in total. The molecule has 1 aromatic heterocycles. The number of rotatable bonds is 12. The second kappa shape index (κ2) is 13.5. The maximum Gasteiger partial charge on any atom is 0.271 e. The lowest BCUT2D eigenvalue weighted by Gasteiger charge is -2.27. The number of hydrogen-bond donors (Lipinski definition) is 0. The summed E-state index contributed by atoms with van der Waals surface area (Å²) < 4.78 is 13.1. The lowest BCUT2D eigenvalue weighted by molar-refractivity contribution is -0.140. The standard InChI is InChI=1S/C32H34N4O4/c1-4-6-18-40-27-15-10-12-24(19-27)30-25(22-36(34-30)26-13-8-7-9-14-26)20-28-23(3)29(21-33)32(38)35(31(28)37)16-11-17-39-5-2/h7-10,12-15,19-20,22H,4-6,11,16-18H2,1-3H3/b28-20+. The first kappa shape index (κ1) is 28.5. The molecule has 0 N–H and O–H groups in total. The van der Waals surface area contributed by atoms with Crippen molar-refractivity contribution in [2.24, 2.45) is 0 Å². The topological polar surface area (TPSA) is 97.4 Å². The number of imide groups is 1. The highest BCUT2D eigenvalue weighted by molar-refractivity contribution is 6.19. The molecule has 0 aliphatic carbocycles. The van der Waals surface area contributed by atoms with Gasteiger partial charge in [-0.25, -0.2) is 4.68 Å². The number of nitriles is 1. The van der Waals surface area contributed by atoms with E-state index in [2.05, 4.69) is 6.92 Å². The Bertz CT molecular complexity index is 1460. The molecule has 0 atom stereocenters. The fourth-order valence-electron chi connectivity index (χ4n) is 4.46. The van der Waals surface area contributed by atoms with Gasteiger partial charge in [-0.05, 0) is 62.6 Å². The first-order chi connectivity index (χ1) is 19.5. The van der Waals surface area contributed by atoms with E-state index in [1.807, 2.05) is 73.8 Å². The van der Waals surface area contributed by atoms with Crippen molar-refractivity contribution in [3.05, 3.63) is 83.1 Å². The number of hydrogen-bond acceptors (Lipinski definition) is 6. The summed E-state index contributed by atoms with van der Waals surface area (Å²) in [5.41, 5.74) is 3.62. The van der Waals surface area contributed by atoms with Gasteiger partial charge in [0.2, 0.25) is 0 Å². The van der Waals surface area contributed by atoms with E-state index in [4.69, 9.17) is 14.6 Å². The average molecular weight is 539 g/mol. The summed E-state index contributed by atoms with van der Waals surface area (Å²) >= 11 is 0. The predicted molar refractivity (Wildman–Crippen MR) is 154 cm³/mol. The Balaban J connectivity index is 1.80. The Morgan fingerprint density at radius 2 is 1.80 bits per heavy atom. The summed E-state index contributed by atoms with van der Waals surface area (Å²) in [5.74, 6) is -0.273. The molecule has 0 saturated heterocycles. The lowest BCUT2D eigenvalue weighted by atomic mass is 9.93. The highest BCUT2D eigenvalue weighted by Gasteiger charge is 2.35. The number of ether oxygens (including phenoxy) is 2. The molecule has 206 valence electrons. The monoisotopic (exact) mass is 538 g/mol. The molecule has 40 heavy (non-hydrogen) atoms. The summed E-state index contributed by atoms with van der Waals surface area (Å²) in [4.78, 5) is 27.7. The summed E-state index contributed by atoms with van der Waals surface area (Å²) in [6, 6.07) is 19.4. The Kier molecular flexibility index (Phi) is 9.66. The number of carbonyl (C=O) groups is 2. The summed E-state index contributed by atoms with van der Waals surface area (Å²) in [6.45, 7) is 7.40. The van der Waals surface area contributed by atoms with Crippen LogP contribution in [0.3, 0.4) is 0 Å². The molecule has 0 unspecified atom stereocenters. The fourth-order valence-corrected chi connectivity index (χ4v) is 4.46. The van der Waals surface area contributed by atoms with Gasteiger partial charge in [0.25, 0.3) is 11.8 Å². The van der Waals surface area contributed by atoms with Gasteiger partial charge in [0.05, 0.1) is 12.3 Å². The molecule has 1 aliphatic heterocycles. The molecule has 0 fully saturated rings. The number of nitrogens with zero attached hydrogens (tertiary/aromatic N) is 4. The van der Waals surface area contributed by atoms with Crippen LogP contribution in [0, 0.1) is 11.3 Å². The van der Waals surface area contributed by atoms with Crippen molar-refractivity contribution in [2.45, 2.75) is 40.0 Å². The van der Waals surface area contributed by atoms with Gasteiger partial charge in [0, 0.05) is 42.7 Å². The molecule has 0 radical (unpaired) electrons. The number of para-hydroxylation sites is 1. The quantitative estimate of drug-likeness (QED) is 0.166. The molecule has 1 aliphatic rings. The van der Waals surface area contributed by atoms with Crippen LogP contribution in [0.5, 0.6) is 5.75 Å². The van der Waals surface area contributed by atoms with Gasteiger partial charge < -0.3 is 9.47 Å². The van der Waals surface area contributed by atoms with E-state index in [-0.39, 0.29) is 17.7 Å². The van der Waals surface area contributed by atoms with Crippen LogP contribution in [-0.2, 0) is 14.3 Å². The molecular formula is C32H34N4O4. The highest BCUT2D eigenvalue weighted by atomic mass is 16.5. The van der Waals surface area contributed by atoms with Crippen LogP contribution in [0.25, 0.3) is 23.0 Å². The van der Waals surface area contributed by atoms with E-state index >= 15 is 0 Å². The molecular weight excluding hydrogens is 504 g/mol. The van der Waals surface area contributed by atoms with Crippen LogP contribution >= 0.6 is 0 Å². The SMILES string of the molecule is CCCCOc1cccc(-c2nn(-c3ccccc3)cc2/C=C2/C(=O)N(CCCOCC)C(=O)C(C#N)=C2C)c1. The number of benzene rings is 2. The van der Waals surface area contributed by atoms with Gasteiger partial charge in [-0.15, -0.1) is 0 Å². The van der Waals surface area contributed by atoms with Gasteiger partial charge in [0.1, 0.15) is 23.1 Å². The van der Waals surface area contributed by atoms with E-state index in [0.29, 0.717) is 43.1 Å². The zero-order valence-electron chi connectivity index (χ0n) is 23.2. The van der Waals surface area contributed by atoms with Crippen LogP contribution in [0.1, 0.15) is 45.6 Å². The number of unbranched alkanes of at least 4 members (excludes halogenated alkanes) is 1. The second-order valence-corrected chi connectivity index (χ2v) is 9.43. The Labute approximate surface area is 235 Å². The predicted octanol–water partition coefficient (Wildman–Crippen LogP) is 5.74. The van der Waals surface area contributed by atoms with Crippen LogP contribution in [0.4, 0.5) is 0 Å². The molecule has 0 spiro atoms. The Hall–Kier alpha value is -4.48. The van der Waals surface area contributed by atoms with Crippen LogP contribution in [-0.4, -0.2) is 52.9 Å². The zero-order chi connectivity index (χ0) is 28.5. The third kappa shape index (κ3) is 6.38. The molecule has 2 aromatic carbocycles. The summed E-state index contributed by atoms with van der Waals surface area (Å²) in [5, 5.41) is 14.7. The van der Waals surface area contributed by atoms with Gasteiger partial charge in [-0.1, -0.05) is 43.7 Å². The minimum Gasteiger partial charge on any atom is -0.494 e. The minimum absolute atomic E-state index is 0.0365. The average Bonchev–Trinajstić information content (AvgIpc) is 3.40. The number of amides is 2. The van der Waals surface area contributed by atoms with E-state index in [1.165, 1.54) is 0 Å². The van der Waals surface area contributed by atoms with Gasteiger partial charge in [-0.3, -0.25) is 14.5 Å². The molecule has 2 amide bonds. The van der Waals surface area contributed by atoms with Crippen molar-refractivity contribution < 1.29 is 19.1 Å². The minimum atomic E-state index is -0.573. The van der Waals surface area contributed by atoms with Crippen LogP contribution in [0.15, 0.2) is 77.5 Å². The van der Waals surface area contributed by atoms with E-state index in [0.717, 1.165) is 34.7 Å².